The average Bonchev–Trinajstić information content (AvgIpc) is 3.17. The highest BCUT2D eigenvalue weighted by Gasteiger charge is 2.12. The van der Waals surface area contributed by atoms with Crippen molar-refractivity contribution in [1.29, 1.82) is 0 Å². The Bertz CT molecular complexity index is 735. The summed E-state index contributed by atoms with van der Waals surface area (Å²) in [6, 6.07) is 10.9. The summed E-state index contributed by atoms with van der Waals surface area (Å²) in [5.74, 6) is 0.486. The van der Waals surface area contributed by atoms with Gasteiger partial charge in [-0.2, -0.15) is 0 Å². The molecule has 1 amide bonds. The largest absolute Gasteiger partial charge is 0.467 e. The molecule has 3 aromatic rings. The number of amides is 1. The molecule has 0 aliphatic heterocycles. The fourth-order valence-corrected chi connectivity index (χ4v) is 2.71. The third-order valence-electron chi connectivity index (χ3n) is 2.83. The van der Waals surface area contributed by atoms with Crippen molar-refractivity contribution in [3.05, 3.63) is 64.5 Å². The van der Waals surface area contributed by atoms with Crippen molar-refractivity contribution in [2.75, 3.05) is 0 Å². The number of thiazole rings is 1. The highest BCUT2D eigenvalue weighted by molar-refractivity contribution is 7.13. The zero-order chi connectivity index (χ0) is 14.7. The summed E-state index contributed by atoms with van der Waals surface area (Å²) in [5, 5.41) is 5.96. The molecule has 0 aliphatic rings. The molecule has 6 heteroatoms. The number of hydrogen-bond acceptors (Lipinski definition) is 4. The van der Waals surface area contributed by atoms with Gasteiger partial charge in [0.2, 0.25) is 0 Å². The fourth-order valence-electron chi connectivity index (χ4n) is 1.77. The summed E-state index contributed by atoms with van der Waals surface area (Å²) in [7, 11) is 0. The summed E-state index contributed by atoms with van der Waals surface area (Å²) in [6.07, 6.45) is 1.57. The van der Waals surface area contributed by atoms with Crippen LogP contribution in [-0.4, -0.2) is 10.9 Å². The van der Waals surface area contributed by atoms with Crippen molar-refractivity contribution in [3.8, 4) is 10.6 Å². The van der Waals surface area contributed by atoms with E-state index in [2.05, 4.69) is 10.3 Å². The first-order valence-corrected chi connectivity index (χ1v) is 7.50. The third kappa shape index (κ3) is 3.32. The second kappa shape index (κ2) is 6.11. The normalized spacial score (nSPS) is 10.5. The van der Waals surface area contributed by atoms with Crippen LogP contribution in [0.5, 0.6) is 0 Å². The summed E-state index contributed by atoms with van der Waals surface area (Å²) >= 11 is 7.28. The molecular formula is C15H11ClN2O2S. The lowest BCUT2D eigenvalue weighted by Gasteiger charge is -2.00. The summed E-state index contributed by atoms with van der Waals surface area (Å²) in [5.41, 5.74) is 1.34. The SMILES string of the molecule is O=C(NCc1ccco1)c1csc(-c2ccc(Cl)cc2)n1. The molecular weight excluding hydrogens is 308 g/mol. The van der Waals surface area contributed by atoms with Crippen LogP contribution in [0.4, 0.5) is 0 Å². The van der Waals surface area contributed by atoms with Crippen LogP contribution in [0.2, 0.25) is 5.02 Å². The van der Waals surface area contributed by atoms with Crippen LogP contribution in [0.15, 0.2) is 52.5 Å². The molecule has 21 heavy (non-hydrogen) atoms. The van der Waals surface area contributed by atoms with Crippen LogP contribution in [0.25, 0.3) is 10.6 Å². The molecule has 4 nitrogen and oxygen atoms in total. The van der Waals surface area contributed by atoms with Crippen molar-refractivity contribution in [2.45, 2.75) is 6.54 Å². The molecule has 0 saturated heterocycles. The number of nitrogens with zero attached hydrogens (tertiary/aromatic N) is 1. The number of benzene rings is 1. The Balaban J connectivity index is 1.69. The van der Waals surface area contributed by atoms with Gasteiger partial charge in [0.05, 0.1) is 12.8 Å². The average molecular weight is 319 g/mol. The predicted molar refractivity (Wildman–Crippen MR) is 82.4 cm³/mol. The lowest BCUT2D eigenvalue weighted by molar-refractivity contribution is 0.0944. The minimum absolute atomic E-state index is 0.220. The minimum Gasteiger partial charge on any atom is -0.467 e. The highest BCUT2D eigenvalue weighted by Crippen LogP contribution is 2.25. The Morgan fingerprint density at radius 3 is 2.81 bits per heavy atom. The Hall–Kier alpha value is -2.11. The number of halogens is 1. The monoisotopic (exact) mass is 318 g/mol. The van der Waals surface area contributed by atoms with Crippen molar-refractivity contribution >= 4 is 28.8 Å². The third-order valence-corrected chi connectivity index (χ3v) is 3.97. The van der Waals surface area contributed by atoms with E-state index in [9.17, 15) is 4.79 Å². The Kier molecular flexibility index (Phi) is 4.03. The number of carbonyl (C=O) groups is 1. The van der Waals surface area contributed by atoms with Gasteiger partial charge in [0, 0.05) is 16.0 Å². The van der Waals surface area contributed by atoms with Gasteiger partial charge in [0.1, 0.15) is 16.5 Å². The van der Waals surface area contributed by atoms with Gasteiger partial charge < -0.3 is 9.73 Å². The lowest BCUT2D eigenvalue weighted by Crippen LogP contribution is -2.22. The molecule has 3 rings (SSSR count). The molecule has 0 radical (unpaired) electrons. The molecule has 0 saturated carbocycles. The van der Waals surface area contributed by atoms with E-state index in [4.69, 9.17) is 16.0 Å². The second-order valence-electron chi connectivity index (χ2n) is 4.31. The van der Waals surface area contributed by atoms with E-state index < -0.39 is 0 Å². The van der Waals surface area contributed by atoms with Gasteiger partial charge in [0.25, 0.3) is 5.91 Å². The summed E-state index contributed by atoms with van der Waals surface area (Å²) in [4.78, 5) is 16.4. The van der Waals surface area contributed by atoms with Gasteiger partial charge in [-0.25, -0.2) is 4.98 Å². The standard InChI is InChI=1S/C15H11ClN2O2S/c16-11-5-3-10(4-6-11)15-18-13(9-21-15)14(19)17-8-12-2-1-7-20-12/h1-7,9H,8H2,(H,17,19). The van der Waals surface area contributed by atoms with E-state index in [-0.39, 0.29) is 5.91 Å². The lowest BCUT2D eigenvalue weighted by atomic mass is 10.2. The smallest absolute Gasteiger partial charge is 0.271 e. The van der Waals surface area contributed by atoms with Crippen LogP contribution < -0.4 is 5.32 Å². The number of nitrogens with one attached hydrogen (secondary N) is 1. The van der Waals surface area contributed by atoms with E-state index in [1.165, 1.54) is 11.3 Å². The number of aromatic nitrogens is 1. The minimum atomic E-state index is -0.220. The maximum absolute atomic E-state index is 12.0. The molecule has 2 heterocycles. The maximum Gasteiger partial charge on any atom is 0.271 e. The summed E-state index contributed by atoms with van der Waals surface area (Å²) < 4.78 is 5.16. The van der Waals surface area contributed by atoms with Gasteiger partial charge >= 0.3 is 0 Å². The van der Waals surface area contributed by atoms with Gasteiger partial charge in [0.15, 0.2) is 0 Å². The molecule has 0 atom stereocenters. The van der Waals surface area contributed by atoms with Crippen LogP contribution in [0.1, 0.15) is 16.2 Å². The molecule has 0 bridgehead atoms. The van der Waals surface area contributed by atoms with Crippen LogP contribution in [0.3, 0.4) is 0 Å². The first kappa shape index (κ1) is 13.9. The first-order chi connectivity index (χ1) is 10.2. The number of carbonyl (C=O) groups excluding carboxylic acids is 1. The predicted octanol–water partition coefficient (Wildman–Crippen LogP) is 3.99. The number of furan rings is 1. The quantitative estimate of drug-likeness (QED) is 0.791. The number of hydrogen-bond donors (Lipinski definition) is 1. The van der Waals surface area contributed by atoms with Crippen LogP contribution in [-0.2, 0) is 6.54 Å². The summed E-state index contributed by atoms with van der Waals surface area (Å²) in [6.45, 7) is 0.347. The van der Waals surface area contributed by atoms with E-state index in [0.29, 0.717) is 23.0 Å². The van der Waals surface area contributed by atoms with Crippen molar-refractivity contribution in [1.82, 2.24) is 10.3 Å². The second-order valence-corrected chi connectivity index (χ2v) is 5.60. The Morgan fingerprint density at radius 1 is 1.29 bits per heavy atom. The maximum atomic E-state index is 12.0. The fraction of sp³-hybridized carbons (Fsp3) is 0.0667. The number of rotatable bonds is 4. The molecule has 1 aromatic carbocycles. The zero-order valence-corrected chi connectivity index (χ0v) is 12.4. The zero-order valence-electron chi connectivity index (χ0n) is 10.9. The Morgan fingerprint density at radius 2 is 2.10 bits per heavy atom. The van der Waals surface area contributed by atoms with E-state index in [1.54, 1.807) is 35.9 Å². The molecule has 0 spiro atoms. The molecule has 0 fully saturated rings. The van der Waals surface area contributed by atoms with E-state index >= 15 is 0 Å². The first-order valence-electron chi connectivity index (χ1n) is 6.24. The van der Waals surface area contributed by atoms with Gasteiger partial charge in [-0.15, -0.1) is 11.3 Å². The molecule has 0 aliphatic carbocycles. The van der Waals surface area contributed by atoms with E-state index in [1.807, 2.05) is 12.1 Å². The topological polar surface area (TPSA) is 55.1 Å². The Labute approximate surface area is 130 Å². The molecule has 106 valence electrons. The van der Waals surface area contributed by atoms with Crippen molar-refractivity contribution in [2.24, 2.45) is 0 Å². The van der Waals surface area contributed by atoms with Gasteiger partial charge in [-0.1, -0.05) is 23.7 Å². The van der Waals surface area contributed by atoms with Gasteiger partial charge in [-0.05, 0) is 24.3 Å². The van der Waals surface area contributed by atoms with Crippen LogP contribution in [0, 0.1) is 0 Å². The molecule has 1 N–H and O–H groups in total. The van der Waals surface area contributed by atoms with Gasteiger partial charge in [-0.3, -0.25) is 4.79 Å². The van der Waals surface area contributed by atoms with Crippen LogP contribution >= 0.6 is 22.9 Å². The molecule has 0 unspecified atom stereocenters. The molecule has 2 aromatic heterocycles. The van der Waals surface area contributed by atoms with Crippen molar-refractivity contribution in [3.63, 3.8) is 0 Å². The van der Waals surface area contributed by atoms with Crippen molar-refractivity contribution < 1.29 is 9.21 Å². The van der Waals surface area contributed by atoms with E-state index in [0.717, 1.165) is 10.6 Å². The highest BCUT2D eigenvalue weighted by atomic mass is 35.5.